The number of rotatable bonds is 4. The molecule has 1 aromatic rings. The molecule has 1 saturated heterocycles. The maximum Gasteiger partial charge on any atom is 0.0543 e. The van der Waals surface area contributed by atoms with Crippen LogP contribution in [-0.2, 0) is 6.54 Å². The highest BCUT2D eigenvalue weighted by Crippen LogP contribution is 2.30. The summed E-state index contributed by atoms with van der Waals surface area (Å²) in [7, 11) is 0. The molecule has 0 aromatic carbocycles. The van der Waals surface area contributed by atoms with Crippen molar-refractivity contribution in [2.45, 2.75) is 64.6 Å². The van der Waals surface area contributed by atoms with Crippen molar-refractivity contribution in [3.05, 3.63) is 30.1 Å². The van der Waals surface area contributed by atoms with E-state index in [-0.39, 0.29) is 0 Å². The molecule has 3 rings (SSSR count). The summed E-state index contributed by atoms with van der Waals surface area (Å²) < 4.78 is 0. The van der Waals surface area contributed by atoms with Crippen LogP contribution in [0, 0.1) is 11.8 Å². The monoisotopic (exact) mass is 301 g/mol. The van der Waals surface area contributed by atoms with Gasteiger partial charge in [-0.1, -0.05) is 19.9 Å². The minimum absolute atomic E-state index is 0.727. The number of hydrogen-bond acceptors (Lipinski definition) is 3. The molecule has 1 aromatic heterocycles. The van der Waals surface area contributed by atoms with Crippen molar-refractivity contribution in [1.82, 2.24) is 15.2 Å². The van der Waals surface area contributed by atoms with E-state index in [0.29, 0.717) is 0 Å². The van der Waals surface area contributed by atoms with Gasteiger partial charge in [0, 0.05) is 37.9 Å². The lowest BCUT2D eigenvalue weighted by Gasteiger charge is -2.38. The Morgan fingerprint density at radius 1 is 1.05 bits per heavy atom. The fourth-order valence-corrected chi connectivity index (χ4v) is 4.01. The largest absolute Gasteiger partial charge is 0.311 e. The quantitative estimate of drug-likeness (QED) is 0.923. The maximum absolute atomic E-state index is 4.44. The topological polar surface area (TPSA) is 28.2 Å². The minimum atomic E-state index is 0.727. The van der Waals surface area contributed by atoms with Gasteiger partial charge in [-0.05, 0) is 56.1 Å². The van der Waals surface area contributed by atoms with Gasteiger partial charge >= 0.3 is 0 Å². The predicted octanol–water partition coefficient (Wildman–Crippen LogP) is 3.46. The second-order valence-electron chi connectivity index (χ2n) is 7.50. The molecule has 0 radical (unpaired) electrons. The molecule has 0 bridgehead atoms. The Morgan fingerprint density at radius 2 is 1.86 bits per heavy atom. The van der Waals surface area contributed by atoms with E-state index < -0.39 is 0 Å². The first-order valence-electron chi connectivity index (χ1n) is 9.09. The van der Waals surface area contributed by atoms with Gasteiger partial charge < -0.3 is 5.32 Å². The van der Waals surface area contributed by atoms with Gasteiger partial charge in [0.1, 0.15) is 0 Å². The number of likely N-dealkylation sites (tertiary alicyclic amines) is 1. The smallest absolute Gasteiger partial charge is 0.0543 e. The maximum atomic E-state index is 4.44. The predicted molar refractivity (Wildman–Crippen MR) is 91.6 cm³/mol. The lowest BCUT2D eigenvalue weighted by Crippen LogP contribution is -2.47. The van der Waals surface area contributed by atoms with E-state index >= 15 is 0 Å². The van der Waals surface area contributed by atoms with E-state index in [9.17, 15) is 0 Å². The van der Waals surface area contributed by atoms with Gasteiger partial charge in [-0.3, -0.25) is 9.88 Å². The average Bonchev–Trinajstić information content (AvgIpc) is 2.54. The molecule has 0 unspecified atom stereocenters. The molecule has 3 heteroatoms. The van der Waals surface area contributed by atoms with Crippen molar-refractivity contribution in [3.63, 3.8) is 0 Å². The van der Waals surface area contributed by atoms with E-state index in [4.69, 9.17) is 0 Å². The Bertz CT molecular complexity index is 439. The van der Waals surface area contributed by atoms with Gasteiger partial charge in [0.05, 0.1) is 5.69 Å². The molecule has 2 aliphatic rings. The van der Waals surface area contributed by atoms with Crippen molar-refractivity contribution in [1.29, 1.82) is 0 Å². The SMILES string of the molecule is C[C@@H]1CC[C@H](NC2CCN(Cc3ccccn3)CC2)C[C@H]1C. The number of hydrogen-bond donors (Lipinski definition) is 1. The number of pyridine rings is 1. The van der Waals surface area contributed by atoms with Crippen molar-refractivity contribution < 1.29 is 0 Å². The molecular formula is C19H31N3. The third-order valence-corrected chi connectivity index (χ3v) is 5.77. The van der Waals surface area contributed by atoms with Crippen molar-refractivity contribution in [3.8, 4) is 0 Å². The van der Waals surface area contributed by atoms with Crippen LogP contribution in [-0.4, -0.2) is 35.1 Å². The third kappa shape index (κ3) is 4.30. The summed E-state index contributed by atoms with van der Waals surface area (Å²) in [6.07, 6.45) is 8.61. The fourth-order valence-electron chi connectivity index (χ4n) is 4.01. The van der Waals surface area contributed by atoms with Crippen molar-refractivity contribution >= 4 is 0 Å². The fraction of sp³-hybridized carbons (Fsp3) is 0.737. The molecule has 2 fully saturated rings. The van der Waals surface area contributed by atoms with Crippen LogP contribution in [0.5, 0.6) is 0 Å². The lowest BCUT2D eigenvalue weighted by molar-refractivity contribution is 0.159. The average molecular weight is 301 g/mol. The first-order chi connectivity index (χ1) is 10.7. The Labute approximate surface area is 135 Å². The number of nitrogens with one attached hydrogen (secondary N) is 1. The molecule has 0 amide bonds. The Balaban J connectivity index is 1.40. The molecule has 1 N–H and O–H groups in total. The van der Waals surface area contributed by atoms with Crippen molar-refractivity contribution in [2.75, 3.05) is 13.1 Å². The van der Waals surface area contributed by atoms with Crippen LogP contribution in [0.4, 0.5) is 0 Å². The van der Waals surface area contributed by atoms with Crippen molar-refractivity contribution in [2.24, 2.45) is 11.8 Å². The van der Waals surface area contributed by atoms with Crippen LogP contribution >= 0.6 is 0 Å². The van der Waals surface area contributed by atoms with E-state index in [0.717, 1.165) is 30.5 Å². The summed E-state index contributed by atoms with van der Waals surface area (Å²) in [4.78, 5) is 6.99. The lowest BCUT2D eigenvalue weighted by atomic mass is 9.79. The zero-order valence-corrected chi connectivity index (χ0v) is 14.2. The standard InChI is InChI=1S/C19H31N3/c1-15-6-7-18(13-16(15)2)21-17-8-11-22(12-9-17)14-19-5-3-4-10-20-19/h3-5,10,15-18,21H,6-9,11-14H2,1-2H3/t15-,16-,18+/m1/s1. The van der Waals surface area contributed by atoms with Gasteiger partial charge in [0.2, 0.25) is 0 Å². The summed E-state index contributed by atoms with van der Waals surface area (Å²) in [6, 6.07) is 7.70. The van der Waals surface area contributed by atoms with Gasteiger partial charge in [-0.25, -0.2) is 0 Å². The van der Waals surface area contributed by atoms with E-state index in [1.807, 2.05) is 12.3 Å². The minimum Gasteiger partial charge on any atom is -0.311 e. The first-order valence-corrected chi connectivity index (χ1v) is 9.09. The Kier molecular flexibility index (Phi) is 5.48. The van der Waals surface area contributed by atoms with Gasteiger partial charge in [-0.15, -0.1) is 0 Å². The first kappa shape index (κ1) is 15.9. The third-order valence-electron chi connectivity index (χ3n) is 5.77. The zero-order valence-electron chi connectivity index (χ0n) is 14.2. The molecular weight excluding hydrogens is 270 g/mol. The zero-order chi connectivity index (χ0) is 15.4. The number of piperidine rings is 1. The molecule has 1 aliphatic heterocycles. The van der Waals surface area contributed by atoms with Gasteiger partial charge in [-0.2, -0.15) is 0 Å². The van der Waals surface area contributed by atoms with Gasteiger partial charge in [0.25, 0.3) is 0 Å². The van der Waals surface area contributed by atoms with Crippen LogP contribution < -0.4 is 5.32 Å². The van der Waals surface area contributed by atoms with Crippen LogP contribution in [0.2, 0.25) is 0 Å². The second kappa shape index (κ2) is 7.56. The summed E-state index contributed by atoms with van der Waals surface area (Å²) in [5, 5.41) is 3.95. The highest BCUT2D eigenvalue weighted by Gasteiger charge is 2.27. The van der Waals surface area contributed by atoms with E-state index in [1.54, 1.807) is 0 Å². The van der Waals surface area contributed by atoms with Crippen LogP contribution in [0.3, 0.4) is 0 Å². The molecule has 3 nitrogen and oxygen atoms in total. The Hall–Kier alpha value is -0.930. The number of aromatic nitrogens is 1. The Morgan fingerprint density at radius 3 is 2.55 bits per heavy atom. The molecule has 1 saturated carbocycles. The summed E-state index contributed by atoms with van der Waals surface area (Å²) >= 11 is 0. The number of nitrogens with zero attached hydrogens (tertiary/aromatic N) is 2. The van der Waals surface area contributed by atoms with Gasteiger partial charge in [0.15, 0.2) is 0 Å². The second-order valence-corrected chi connectivity index (χ2v) is 7.50. The molecule has 3 atom stereocenters. The molecule has 22 heavy (non-hydrogen) atoms. The van der Waals surface area contributed by atoms with Crippen LogP contribution in [0.15, 0.2) is 24.4 Å². The summed E-state index contributed by atoms with van der Waals surface area (Å²) in [5.74, 6) is 1.80. The van der Waals surface area contributed by atoms with Crippen LogP contribution in [0.1, 0.15) is 51.6 Å². The molecule has 122 valence electrons. The molecule has 0 spiro atoms. The van der Waals surface area contributed by atoms with E-state index in [1.165, 1.54) is 50.9 Å². The molecule has 1 aliphatic carbocycles. The van der Waals surface area contributed by atoms with E-state index in [2.05, 4.69) is 41.2 Å². The van der Waals surface area contributed by atoms with Crippen LogP contribution in [0.25, 0.3) is 0 Å². The highest BCUT2D eigenvalue weighted by molar-refractivity contribution is 5.03. The highest BCUT2D eigenvalue weighted by atomic mass is 15.1. The summed E-state index contributed by atoms with van der Waals surface area (Å²) in [5.41, 5.74) is 1.20. The molecule has 2 heterocycles. The summed E-state index contributed by atoms with van der Waals surface area (Å²) in [6.45, 7) is 8.25. The normalized spacial score (nSPS) is 31.3.